The molecule has 1 saturated heterocycles. The average molecular weight is 402 g/mol. The summed E-state index contributed by atoms with van der Waals surface area (Å²) in [4.78, 5) is 19.1. The highest BCUT2D eigenvalue weighted by Crippen LogP contribution is 2.30. The van der Waals surface area contributed by atoms with Crippen molar-refractivity contribution in [1.82, 2.24) is 14.3 Å². The molecule has 0 unspecified atom stereocenters. The lowest BCUT2D eigenvalue weighted by Gasteiger charge is -2.36. The Kier molecular flexibility index (Phi) is 4.64. The highest BCUT2D eigenvalue weighted by molar-refractivity contribution is 7.89. The molecule has 2 N–H and O–H groups in total. The number of ether oxygens (including phenoxy) is 1. The maximum absolute atomic E-state index is 13.2. The van der Waals surface area contributed by atoms with Gasteiger partial charge in [0.2, 0.25) is 10.0 Å². The molecule has 9 heteroatoms. The van der Waals surface area contributed by atoms with E-state index >= 15 is 0 Å². The van der Waals surface area contributed by atoms with Crippen molar-refractivity contribution in [3.63, 3.8) is 0 Å². The van der Waals surface area contributed by atoms with Gasteiger partial charge in [-0.25, -0.2) is 13.2 Å². The lowest BCUT2D eigenvalue weighted by molar-refractivity contribution is 0.378. The number of fused-ring (bicyclic) bond motifs is 1. The molecule has 1 aromatic heterocycles. The number of aromatic amines is 2. The Morgan fingerprint density at radius 3 is 2.32 bits per heavy atom. The number of anilines is 1. The molecule has 0 atom stereocenters. The van der Waals surface area contributed by atoms with Gasteiger partial charge < -0.3 is 19.6 Å². The Hall–Kier alpha value is -2.78. The third-order valence-electron chi connectivity index (χ3n) is 5.09. The van der Waals surface area contributed by atoms with Gasteiger partial charge in [0.1, 0.15) is 5.75 Å². The van der Waals surface area contributed by atoms with E-state index in [-0.39, 0.29) is 10.6 Å². The maximum atomic E-state index is 13.2. The summed E-state index contributed by atoms with van der Waals surface area (Å²) < 4.78 is 33.3. The number of imidazole rings is 1. The van der Waals surface area contributed by atoms with Crippen LogP contribution in [0.2, 0.25) is 0 Å². The molecule has 1 aliphatic heterocycles. The SMILES string of the molecule is COc1ccccc1N1CCN(S(=O)(=O)c2cc3[nH]c(=O)[nH]c3cc2C)CC1. The fourth-order valence-corrected chi connectivity index (χ4v) is 5.30. The molecule has 2 aromatic carbocycles. The lowest BCUT2D eigenvalue weighted by Crippen LogP contribution is -2.48. The normalized spacial score (nSPS) is 15.9. The van der Waals surface area contributed by atoms with E-state index in [1.54, 1.807) is 20.1 Å². The molecule has 0 saturated carbocycles. The number of aryl methyl sites for hydroxylation is 1. The summed E-state index contributed by atoms with van der Waals surface area (Å²) >= 11 is 0. The van der Waals surface area contributed by atoms with Crippen LogP contribution in [0.4, 0.5) is 5.69 Å². The first-order valence-electron chi connectivity index (χ1n) is 9.01. The minimum atomic E-state index is -3.66. The summed E-state index contributed by atoms with van der Waals surface area (Å²) in [5.41, 5.74) is 2.30. The van der Waals surface area contributed by atoms with Crippen molar-refractivity contribution in [2.75, 3.05) is 38.2 Å². The summed E-state index contributed by atoms with van der Waals surface area (Å²) in [6.07, 6.45) is 0. The van der Waals surface area contributed by atoms with Gasteiger partial charge in [0.05, 0.1) is 28.7 Å². The van der Waals surface area contributed by atoms with Gasteiger partial charge in [-0.05, 0) is 36.8 Å². The standard InChI is InChI=1S/C19H22N4O4S/c1-13-11-14-15(21-19(24)20-14)12-18(13)28(25,26)23-9-7-22(8-10-23)16-5-3-4-6-17(16)27-2/h3-6,11-12H,7-10H2,1-2H3,(H2,20,21,24). The van der Waals surface area contributed by atoms with Gasteiger partial charge in [0.25, 0.3) is 0 Å². The minimum absolute atomic E-state index is 0.223. The highest BCUT2D eigenvalue weighted by atomic mass is 32.2. The minimum Gasteiger partial charge on any atom is -0.495 e. The number of sulfonamides is 1. The largest absolute Gasteiger partial charge is 0.495 e. The Morgan fingerprint density at radius 1 is 1.00 bits per heavy atom. The topological polar surface area (TPSA) is 98.5 Å². The zero-order valence-electron chi connectivity index (χ0n) is 15.7. The zero-order chi connectivity index (χ0) is 19.9. The van der Waals surface area contributed by atoms with Crippen molar-refractivity contribution >= 4 is 26.7 Å². The van der Waals surface area contributed by atoms with Gasteiger partial charge in [-0.1, -0.05) is 12.1 Å². The van der Waals surface area contributed by atoms with E-state index < -0.39 is 10.0 Å². The second-order valence-electron chi connectivity index (χ2n) is 6.81. The molecule has 4 rings (SSSR count). The van der Waals surface area contributed by atoms with Gasteiger partial charge >= 0.3 is 5.69 Å². The predicted molar refractivity (Wildman–Crippen MR) is 108 cm³/mol. The zero-order valence-corrected chi connectivity index (χ0v) is 16.5. The van der Waals surface area contributed by atoms with Crippen molar-refractivity contribution in [2.24, 2.45) is 0 Å². The molecule has 2 heterocycles. The van der Waals surface area contributed by atoms with Crippen molar-refractivity contribution < 1.29 is 13.2 Å². The fourth-order valence-electron chi connectivity index (χ4n) is 3.65. The summed E-state index contributed by atoms with van der Waals surface area (Å²) in [6.45, 7) is 3.63. The summed E-state index contributed by atoms with van der Waals surface area (Å²) in [5.74, 6) is 0.775. The van der Waals surface area contributed by atoms with Crippen LogP contribution >= 0.6 is 0 Å². The average Bonchev–Trinajstić information content (AvgIpc) is 3.06. The molecule has 8 nitrogen and oxygen atoms in total. The molecule has 0 bridgehead atoms. The number of piperazine rings is 1. The summed E-state index contributed by atoms with van der Waals surface area (Å²) in [7, 11) is -2.03. The van der Waals surface area contributed by atoms with Gasteiger partial charge in [-0.3, -0.25) is 0 Å². The van der Waals surface area contributed by atoms with Crippen molar-refractivity contribution in [1.29, 1.82) is 0 Å². The second-order valence-corrected chi connectivity index (χ2v) is 8.71. The van der Waals surface area contributed by atoms with Gasteiger partial charge in [0.15, 0.2) is 0 Å². The van der Waals surface area contributed by atoms with Crippen LogP contribution in [0.1, 0.15) is 5.56 Å². The Bertz CT molecular complexity index is 1170. The maximum Gasteiger partial charge on any atom is 0.323 e. The first kappa shape index (κ1) is 18.6. The monoisotopic (exact) mass is 402 g/mol. The summed E-state index contributed by atoms with van der Waals surface area (Å²) in [6, 6.07) is 10.9. The molecule has 0 amide bonds. The van der Waals surface area contributed by atoms with E-state index in [1.165, 1.54) is 10.4 Å². The molecule has 1 aliphatic rings. The quantitative estimate of drug-likeness (QED) is 0.692. The third-order valence-corrected chi connectivity index (χ3v) is 7.13. The molecule has 0 aliphatic carbocycles. The van der Waals surface area contributed by atoms with Crippen molar-refractivity contribution in [2.45, 2.75) is 11.8 Å². The van der Waals surface area contributed by atoms with Crippen LogP contribution in [0.15, 0.2) is 46.1 Å². The first-order chi connectivity index (χ1) is 13.4. The molecular weight excluding hydrogens is 380 g/mol. The van der Waals surface area contributed by atoms with Gasteiger partial charge in [0, 0.05) is 26.2 Å². The number of rotatable bonds is 4. The van der Waals surface area contributed by atoms with Crippen molar-refractivity contribution in [3.05, 3.63) is 52.4 Å². The molecule has 148 valence electrons. The smallest absolute Gasteiger partial charge is 0.323 e. The van der Waals surface area contributed by atoms with Crippen LogP contribution in [0.3, 0.4) is 0 Å². The van der Waals surface area contributed by atoms with Crippen LogP contribution < -0.4 is 15.3 Å². The number of benzene rings is 2. The Balaban J connectivity index is 1.59. The van der Waals surface area contributed by atoms with E-state index in [0.717, 1.165) is 11.4 Å². The number of methoxy groups -OCH3 is 1. The van der Waals surface area contributed by atoms with Crippen LogP contribution in [-0.4, -0.2) is 56.0 Å². The van der Waals surface area contributed by atoms with Crippen LogP contribution in [0.25, 0.3) is 11.0 Å². The number of hydrogen-bond donors (Lipinski definition) is 2. The fraction of sp³-hybridized carbons (Fsp3) is 0.316. The predicted octanol–water partition coefficient (Wildman–Crippen LogP) is 1.68. The number of H-pyrrole nitrogens is 2. The number of nitrogens with one attached hydrogen (secondary N) is 2. The van der Waals surface area contributed by atoms with Crippen LogP contribution in [0, 0.1) is 6.92 Å². The number of para-hydroxylation sites is 2. The van der Waals surface area contributed by atoms with E-state index in [4.69, 9.17) is 4.74 Å². The van der Waals surface area contributed by atoms with Crippen LogP contribution in [-0.2, 0) is 10.0 Å². The molecule has 0 radical (unpaired) electrons. The molecule has 1 fully saturated rings. The Morgan fingerprint density at radius 2 is 1.64 bits per heavy atom. The highest BCUT2D eigenvalue weighted by Gasteiger charge is 2.30. The first-order valence-corrected chi connectivity index (χ1v) is 10.4. The number of hydrogen-bond acceptors (Lipinski definition) is 5. The van der Waals surface area contributed by atoms with Crippen molar-refractivity contribution in [3.8, 4) is 5.75 Å². The van der Waals surface area contributed by atoms with Gasteiger partial charge in [-0.2, -0.15) is 4.31 Å². The summed E-state index contributed by atoms with van der Waals surface area (Å²) in [5, 5.41) is 0. The van der Waals surface area contributed by atoms with E-state index in [0.29, 0.717) is 42.8 Å². The van der Waals surface area contributed by atoms with E-state index in [2.05, 4.69) is 14.9 Å². The van der Waals surface area contributed by atoms with E-state index in [9.17, 15) is 13.2 Å². The molecular formula is C19H22N4O4S. The van der Waals surface area contributed by atoms with Crippen LogP contribution in [0.5, 0.6) is 5.75 Å². The van der Waals surface area contributed by atoms with E-state index in [1.807, 2.05) is 24.3 Å². The Labute approximate surface area is 162 Å². The molecule has 3 aromatic rings. The lowest BCUT2D eigenvalue weighted by atomic mass is 10.2. The second kappa shape index (κ2) is 6.99. The molecule has 28 heavy (non-hydrogen) atoms. The number of nitrogens with zero attached hydrogens (tertiary/aromatic N) is 2. The number of aromatic nitrogens is 2. The third kappa shape index (κ3) is 3.16. The molecule has 0 spiro atoms. The van der Waals surface area contributed by atoms with Gasteiger partial charge in [-0.15, -0.1) is 0 Å².